The molecule has 2 heterocycles. The summed E-state index contributed by atoms with van der Waals surface area (Å²) >= 11 is 0. The third-order valence-electron chi connectivity index (χ3n) is 3.88. The smallest absolute Gasteiger partial charge is 0.151 e. The van der Waals surface area contributed by atoms with Gasteiger partial charge in [-0.2, -0.15) is 0 Å². The molecule has 1 fully saturated rings. The van der Waals surface area contributed by atoms with Crippen LogP contribution in [0.5, 0.6) is 0 Å². The first-order valence-electron chi connectivity index (χ1n) is 7.21. The van der Waals surface area contributed by atoms with Crippen LogP contribution in [0, 0.1) is 0 Å². The molecule has 2 aromatic rings. The first-order valence-corrected chi connectivity index (χ1v) is 7.21. The molecular formula is C16H21N3O. The van der Waals surface area contributed by atoms with E-state index in [0.717, 1.165) is 36.7 Å². The van der Waals surface area contributed by atoms with Gasteiger partial charge in [0.1, 0.15) is 5.69 Å². The van der Waals surface area contributed by atoms with E-state index in [0.29, 0.717) is 12.1 Å². The molecule has 1 N–H and O–H groups in total. The summed E-state index contributed by atoms with van der Waals surface area (Å²) in [7, 11) is 0. The number of nitrogens with one attached hydrogen (secondary N) is 1. The van der Waals surface area contributed by atoms with Crippen molar-refractivity contribution in [3.8, 4) is 11.3 Å². The third-order valence-corrected chi connectivity index (χ3v) is 3.88. The van der Waals surface area contributed by atoms with Gasteiger partial charge >= 0.3 is 0 Å². The van der Waals surface area contributed by atoms with Gasteiger partial charge in [-0.15, -0.1) is 0 Å². The van der Waals surface area contributed by atoms with Crippen molar-refractivity contribution in [1.29, 1.82) is 0 Å². The Morgan fingerprint density at radius 1 is 1.30 bits per heavy atom. The Labute approximate surface area is 119 Å². The molecule has 1 aliphatic heterocycles. The molecule has 20 heavy (non-hydrogen) atoms. The molecule has 0 spiro atoms. The average molecular weight is 271 g/mol. The molecule has 0 amide bonds. The summed E-state index contributed by atoms with van der Waals surface area (Å²) in [4.78, 5) is 2.44. The van der Waals surface area contributed by atoms with E-state index in [-0.39, 0.29) is 0 Å². The summed E-state index contributed by atoms with van der Waals surface area (Å²) < 4.78 is 5.49. The van der Waals surface area contributed by atoms with Crippen molar-refractivity contribution in [3.63, 3.8) is 0 Å². The van der Waals surface area contributed by atoms with E-state index in [1.54, 1.807) is 0 Å². The Hall–Kier alpha value is -1.65. The second-order valence-corrected chi connectivity index (χ2v) is 5.63. The SMILES string of the molecule is CC1CN(Cc2cc(-c3ccccc3)no2)C(C)CN1. The fourth-order valence-electron chi connectivity index (χ4n) is 2.65. The van der Waals surface area contributed by atoms with E-state index < -0.39 is 0 Å². The van der Waals surface area contributed by atoms with Crippen LogP contribution in [0.25, 0.3) is 11.3 Å². The number of piperazine rings is 1. The number of nitrogens with zero attached hydrogens (tertiary/aromatic N) is 2. The van der Waals surface area contributed by atoms with Gasteiger partial charge in [0.2, 0.25) is 0 Å². The zero-order chi connectivity index (χ0) is 13.9. The maximum absolute atomic E-state index is 5.49. The van der Waals surface area contributed by atoms with Crippen LogP contribution in [0.15, 0.2) is 40.9 Å². The highest BCUT2D eigenvalue weighted by Gasteiger charge is 2.23. The highest BCUT2D eigenvalue weighted by molar-refractivity contribution is 5.58. The molecule has 0 aliphatic carbocycles. The topological polar surface area (TPSA) is 41.3 Å². The van der Waals surface area contributed by atoms with Gasteiger partial charge in [-0.05, 0) is 13.8 Å². The van der Waals surface area contributed by atoms with E-state index in [1.807, 2.05) is 18.2 Å². The molecule has 1 aliphatic rings. The van der Waals surface area contributed by atoms with Gasteiger partial charge in [0, 0.05) is 36.8 Å². The summed E-state index contributed by atoms with van der Waals surface area (Å²) in [6, 6.07) is 13.3. The molecule has 4 heteroatoms. The minimum atomic E-state index is 0.525. The number of hydrogen-bond acceptors (Lipinski definition) is 4. The van der Waals surface area contributed by atoms with Crippen LogP contribution in [-0.4, -0.2) is 35.2 Å². The van der Waals surface area contributed by atoms with Crippen LogP contribution in [0.1, 0.15) is 19.6 Å². The minimum absolute atomic E-state index is 0.525. The Morgan fingerprint density at radius 3 is 2.90 bits per heavy atom. The van der Waals surface area contributed by atoms with Crippen LogP contribution < -0.4 is 5.32 Å². The Bertz CT molecular complexity index is 552. The van der Waals surface area contributed by atoms with Gasteiger partial charge in [-0.25, -0.2) is 0 Å². The number of benzene rings is 1. The zero-order valence-corrected chi connectivity index (χ0v) is 12.0. The van der Waals surface area contributed by atoms with Crippen molar-refractivity contribution in [2.75, 3.05) is 13.1 Å². The lowest BCUT2D eigenvalue weighted by Crippen LogP contribution is -2.53. The zero-order valence-electron chi connectivity index (χ0n) is 12.0. The largest absolute Gasteiger partial charge is 0.359 e. The fourth-order valence-corrected chi connectivity index (χ4v) is 2.65. The second kappa shape index (κ2) is 5.77. The van der Waals surface area contributed by atoms with Gasteiger partial charge in [0.05, 0.1) is 6.54 Å². The van der Waals surface area contributed by atoms with Gasteiger partial charge in [0.15, 0.2) is 5.76 Å². The Balaban J connectivity index is 1.71. The van der Waals surface area contributed by atoms with Crippen molar-refractivity contribution in [2.24, 2.45) is 0 Å². The van der Waals surface area contributed by atoms with Crippen LogP contribution in [0.2, 0.25) is 0 Å². The van der Waals surface area contributed by atoms with E-state index in [9.17, 15) is 0 Å². The van der Waals surface area contributed by atoms with Crippen molar-refractivity contribution < 1.29 is 4.52 Å². The van der Waals surface area contributed by atoms with Crippen LogP contribution >= 0.6 is 0 Å². The first-order chi connectivity index (χ1) is 9.72. The van der Waals surface area contributed by atoms with Gasteiger partial charge in [-0.1, -0.05) is 35.5 Å². The van der Waals surface area contributed by atoms with Gasteiger partial charge in [-0.3, -0.25) is 4.90 Å². The predicted octanol–water partition coefficient (Wildman–Crippen LogP) is 2.52. The fraction of sp³-hybridized carbons (Fsp3) is 0.438. The molecule has 2 unspecified atom stereocenters. The van der Waals surface area contributed by atoms with E-state index in [2.05, 4.69) is 47.4 Å². The molecule has 1 aromatic carbocycles. The molecule has 4 nitrogen and oxygen atoms in total. The summed E-state index contributed by atoms with van der Waals surface area (Å²) in [5, 5.41) is 7.67. The molecule has 3 rings (SSSR count). The standard InChI is InChI=1S/C16H21N3O/c1-12-10-19(13(2)9-17-12)11-15-8-16(18-20-15)14-6-4-3-5-7-14/h3-8,12-13,17H,9-11H2,1-2H3. The third kappa shape index (κ3) is 2.92. The highest BCUT2D eigenvalue weighted by Crippen LogP contribution is 2.20. The van der Waals surface area contributed by atoms with Crippen LogP contribution in [-0.2, 0) is 6.54 Å². The number of rotatable bonds is 3. The quantitative estimate of drug-likeness (QED) is 0.931. The molecule has 1 aromatic heterocycles. The normalized spacial score (nSPS) is 23.9. The van der Waals surface area contributed by atoms with Gasteiger partial charge in [0.25, 0.3) is 0 Å². The van der Waals surface area contributed by atoms with Crippen LogP contribution in [0.4, 0.5) is 0 Å². The lowest BCUT2D eigenvalue weighted by Gasteiger charge is -2.36. The maximum atomic E-state index is 5.49. The second-order valence-electron chi connectivity index (χ2n) is 5.63. The van der Waals surface area contributed by atoms with Crippen molar-refractivity contribution in [3.05, 3.63) is 42.2 Å². The summed E-state index contributed by atoms with van der Waals surface area (Å²) in [6.45, 7) is 7.36. The van der Waals surface area contributed by atoms with E-state index in [4.69, 9.17) is 4.52 Å². The number of aromatic nitrogens is 1. The van der Waals surface area contributed by atoms with Crippen LogP contribution in [0.3, 0.4) is 0 Å². The summed E-state index contributed by atoms with van der Waals surface area (Å²) in [5.74, 6) is 0.935. The number of hydrogen-bond donors (Lipinski definition) is 1. The van der Waals surface area contributed by atoms with E-state index >= 15 is 0 Å². The van der Waals surface area contributed by atoms with Crippen molar-refractivity contribution in [1.82, 2.24) is 15.4 Å². The Kier molecular flexibility index (Phi) is 3.85. The summed E-state index contributed by atoms with van der Waals surface area (Å²) in [5.41, 5.74) is 2.01. The van der Waals surface area contributed by atoms with Crippen molar-refractivity contribution in [2.45, 2.75) is 32.5 Å². The monoisotopic (exact) mass is 271 g/mol. The predicted molar refractivity (Wildman–Crippen MR) is 79.3 cm³/mol. The minimum Gasteiger partial charge on any atom is -0.359 e. The highest BCUT2D eigenvalue weighted by atomic mass is 16.5. The van der Waals surface area contributed by atoms with E-state index in [1.165, 1.54) is 0 Å². The van der Waals surface area contributed by atoms with Crippen molar-refractivity contribution >= 4 is 0 Å². The Morgan fingerprint density at radius 2 is 2.10 bits per heavy atom. The molecule has 1 saturated heterocycles. The average Bonchev–Trinajstić information content (AvgIpc) is 2.92. The molecule has 106 valence electrons. The maximum Gasteiger partial charge on any atom is 0.151 e. The molecule has 0 saturated carbocycles. The molecule has 0 radical (unpaired) electrons. The molecule has 2 atom stereocenters. The summed E-state index contributed by atoms with van der Waals surface area (Å²) in [6.07, 6.45) is 0. The lowest BCUT2D eigenvalue weighted by molar-refractivity contribution is 0.125. The van der Waals surface area contributed by atoms with Gasteiger partial charge < -0.3 is 9.84 Å². The first kappa shape index (κ1) is 13.3. The molecule has 0 bridgehead atoms. The lowest BCUT2D eigenvalue weighted by atomic mass is 10.1. The molecular weight excluding hydrogens is 250 g/mol.